The van der Waals surface area contributed by atoms with Gasteiger partial charge in [-0.05, 0) is 67.7 Å². The maximum Gasteiger partial charge on any atom is 0.165 e. The second-order valence-corrected chi connectivity index (χ2v) is 11.1. The fourth-order valence-corrected chi connectivity index (χ4v) is 5.06. The molecule has 0 aliphatic carbocycles. The third kappa shape index (κ3) is 9.43. The molecule has 1 unspecified atom stereocenters. The zero-order chi connectivity index (χ0) is 28.2. The number of ether oxygens (including phenoxy) is 2. The number of aliphatic hydroxyl groups excluding tert-OH is 1. The van der Waals surface area contributed by atoms with Gasteiger partial charge in [0.05, 0.1) is 11.6 Å². The highest BCUT2D eigenvalue weighted by atomic mass is 16.5. The van der Waals surface area contributed by atoms with Gasteiger partial charge >= 0.3 is 0 Å². The first-order chi connectivity index (χ1) is 18.8. The van der Waals surface area contributed by atoms with E-state index in [9.17, 15) is 15.0 Å². The largest absolute Gasteiger partial charge is 0.504 e. The molecule has 3 aromatic rings. The van der Waals surface area contributed by atoms with Gasteiger partial charge in [0.25, 0.3) is 0 Å². The summed E-state index contributed by atoms with van der Waals surface area (Å²) in [5.74, 6) is 1.14. The second-order valence-electron chi connectivity index (χ2n) is 11.1. The molecule has 0 aliphatic heterocycles. The van der Waals surface area contributed by atoms with Gasteiger partial charge in [-0.1, -0.05) is 46.1 Å². The summed E-state index contributed by atoms with van der Waals surface area (Å²) in [4.78, 5) is 15.8. The molecule has 0 bridgehead atoms. The maximum atomic E-state index is 12.4. The van der Waals surface area contributed by atoms with E-state index >= 15 is 0 Å². The minimum absolute atomic E-state index is 0.0630. The van der Waals surface area contributed by atoms with Gasteiger partial charge < -0.3 is 29.2 Å². The van der Waals surface area contributed by atoms with Crippen LogP contribution in [0.5, 0.6) is 11.5 Å². The number of methoxy groups -OCH3 is 1. The molecule has 7 nitrogen and oxygen atoms in total. The van der Waals surface area contributed by atoms with E-state index in [1.54, 1.807) is 13.2 Å². The van der Waals surface area contributed by atoms with Crippen LogP contribution in [0.2, 0.25) is 0 Å². The van der Waals surface area contributed by atoms with Crippen LogP contribution in [-0.2, 0) is 35.5 Å². The summed E-state index contributed by atoms with van der Waals surface area (Å²) in [6.07, 6.45) is 12.5. The van der Waals surface area contributed by atoms with Gasteiger partial charge in [-0.2, -0.15) is 0 Å². The summed E-state index contributed by atoms with van der Waals surface area (Å²) in [6.45, 7) is 7.61. The lowest BCUT2D eigenvalue weighted by Crippen LogP contribution is -2.14. The Labute approximate surface area is 233 Å². The van der Waals surface area contributed by atoms with Gasteiger partial charge in [-0.15, -0.1) is 0 Å². The number of nitrogens with one attached hydrogen (secondary N) is 1. The molecule has 3 rings (SSSR count). The fourth-order valence-electron chi connectivity index (χ4n) is 5.06. The van der Waals surface area contributed by atoms with Crippen LogP contribution in [0.25, 0.3) is 10.9 Å². The van der Waals surface area contributed by atoms with Crippen LogP contribution in [0.15, 0.2) is 30.6 Å². The van der Waals surface area contributed by atoms with Gasteiger partial charge in [0, 0.05) is 50.0 Å². The molecule has 1 atom stereocenters. The summed E-state index contributed by atoms with van der Waals surface area (Å²) in [5, 5.41) is 21.9. The number of phenols is 1. The van der Waals surface area contributed by atoms with Gasteiger partial charge in [0.1, 0.15) is 5.78 Å². The predicted molar refractivity (Wildman–Crippen MR) is 156 cm³/mol. The van der Waals surface area contributed by atoms with Crippen LogP contribution in [0.4, 0.5) is 0 Å². The molecule has 7 heteroatoms. The Hall–Kier alpha value is -2.77. The fraction of sp³-hybridized carbons (Fsp3) is 0.594. The minimum Gasteiger partial charge on any atom is -0.504 e. The Bertz CT molecular complexity index is 1160. The van der Waals surface area contributed by atoms with Gasteiger partial charge in [-0.3, -0.25) is 4.79 Å². The van der Waals surface area contributed by atoms with Crippen molar-refractivity contribution >= 4 is 16.7 Å². The van der Waals surface area contributed by atoms with Crippen LogP contribution in [0.3, 0.4) is 0 Å². The number of nitrogens with zero attached hydrogens (tertiary/aromatic N) is 1. The summed E-state index contributed by atoms with van der Waals surface area (Å²) >= 11 is 0. The van der Waals surface area contributed by atoms with Gasteiger partial charge in [0.2, 0.25) is 0 Å². The quantitative estimate of drug-likeness (QED) is 0.147. The number of rotatable bonds is 19. The zero-order valence-corrected chi connectivity index (χ0v) is 24.3. The SMILES string of the molecule is CCCCCC(O)CC(=O)CCc1ccc(O)c(OCn2cc3[nH]cc(CCCOC)c3c2CCC(C)C)c1. The number of aryl methyl sites for hydroxylation is 3. The number of phenolic OH excluding ortho intramolecular Hbond substituents is 1. The lowest BCUT2D eigenvalue weighted by atomic mass is 10.0. The summed E-state index contributed by atoms with van der Waals surface area (Å²) < 4.78 is 13.5. The first kappa shape index (κ1) is 30.8. The monoisotopic (exact) mass is 540 g/mol. The van der Waals surface area contributed by atoms with E-state index in [2.05, 4.69) is 42.7 Å². The third-order valence-electron chi connectivity index (χ3n) is 7.35. The lowest BCUT2D eigenvalue weighted by Gasteiger charge is -2.15. The van der Waals surface area contributed by atoms with E-state index in [0.29, 0.717) is 30.9 Å². The number of Topliss-reactive ketones (excluding diaryl/α,β-unsaturated/α-hetero) is 1. The number of aromatic hydroxyl groups is 1. The Morgan fingerprint density at radius 1 is 1.10 bits per heavy atom. The van der Waals surface area contributed by atoms with Crippen molar-refractivity contribution in [2.75, 3.05) is 13.7 Å². The molecule has 2 aromatic heterocycles. The number of aromatic nitrogens is 2. The van der Waals surface area contributed by atoms with Crippen LogP contribution >= 0.6 is 0 Å². The number of carbonyl (C=O) groups is 1. The van der Waals surface area contributed by atoms with Gasteiger partial charge in [0.15, 0.2) is 18.2 Å². The highest BCUT2D eigenvalue weighted by molar-refractivity contribution is 5.86. The average molecular weight is 541 g/mol. The summed E-state index contributed by atoms with van der Waals surface area (Å²) in [7, 11) is 1.73. The molecule has 0 radical (unpaired) electrons. The molecular formula is C32H48N2O5. The van der Waals surface area contributed by atoms with Crippen molar-refractivity contribution in [1.82, 2.24) is 9.55 Å². The normalized spacial score (nSPS) is 12.5. The highest BCUT2D eigenvalue weighted by Crippen LogP contribution is 2.31. The number of fused-ring (bicyclic) bond motifs is 1. The van der Waals surface area contributed by atoms with Crippen molar-refractivity contribution in [2.45, 2.75) is 104 Å². The third-order valence-corrected chi connectivity index (χ3v) is 7.35. The van der Waals surface area contributed by atoms with Crippen molar-refractivity contribution in [3.05, 3.63) is 47.4 Å². The van der Waals surface area contributed by atoms with Crippen molar-refractivity contribution in [3.8, 4) is 11.5 Å². The van der Waals surface area contributed by atoms with Crippen LogP contribution in [-0.4, -0.2) is 45.4 Å². The molecule has 0 spiro atoms. The number of aliphatic hydroxyl groups is 1. The van der Waals surface area contributed by atoms with Crippen LogP contribution in [0, 0.1) is 5.92 Å². The van der Waals surface area contributed by atoms with E-state index in [1.807, 2.05) is 12.1 Å². The Morgan fingerprint density at radius 2 is 1.92 bits per heavy atom. The highest BCUT2D eigenvalue weighted by Gasteiger charge is 2.17. The van der Waals surface area contributed by atoms with Gasteiger partial charge in [-0.25, -0.2) is 0 Å². The van der Waals surface area contributed by atoms with Crippen LogP contribution < -0.4 is 4.74 Å². The van der Waals surface area contributed by atoms with Crippen molar-refractivity contribution in [3.63, 3.8) is 0 Å². The number of H-pyrrole nitrogens is 1. The molecule has 1 aromatic carbocycles. The first-order valence-electron chi connectivity index (χ1n) is 14.6. The molecule has 0 saturated heterocycles. The maximum absolute atomic E-state index is 12.4. The molecular weight excluding hydrogens is 492 g/mol. The Kier molecular flexibility index (Phi) is 12.4. The number of carbonyl (C=O) groups excluding carboxylic acids is 1. The number of benzene rings is 1. The second kappa shape index (κ2) is 15.7. The van der Waals surface area contributed by atoms with Crippen molar-refractivity contribution in [2.24, 2.45) is 5.92 Å². The van der Waals surface area contributed by atoms with E-state index in [4.69, 9.17) is 9.47 Å². The lowest BCUT2D eigenvalue weighted by molar-refractivity contribution is -0.121. The predicted octanol–water partition coefficient (Wildman–Crippen LogP) is 6.71. The molecule has 216 valence electrons. The molecule has 0 saturated carbocycles. The molecule has 39 heavy (non-hydrogen) atoms. The van der Waals surface area contributed by atoms with E-state index in [-0.39, 0.29) is 24.7 Å². The molecule has 0 aliphatic rings. The molecule has 3 N–H and O–H groups in total. The number of ketones is 1. The topological polar surface area (TPSA) is 96.7 Å². The zero-order valence-electron chi connectivity index (χ0n) is 24.3. The number of hydrogen-bond donors (Lipinski definition) is 3. The number of hydrogen-bond acceptors (Lipinski definition) is 5. The van der Waals surface area contributed by atoms with E-state index in [0.717, 1.165) is 62.6 Å². The molecule has 2 heterocycles. The smallest absolute Gasteiger partial charge is 0.165 e. The minimum atomic E-state index is -0.555. The molecule has 0 amide bonds. The number of unbranched alkanes of at least 4 members (excludes halogenated alkanes) is 2. The first-order valence-corrected chi connectivity index (χ1v) is 14.6. The average Bonchev–Trinajstić information content (AvgIpc) is 3.45. The molecule has 0 fully saturated rings. The van der Waals surface area contributed by atoms with E-state index in [1.165, 1.54) is 16.6 Å². The van der Waals surface area contributed by atoms with Crippen molar-refractivity contribution < 1.29 is 24.5 Å². The summed E-state index contributed by atoms with van der Waals surface area (Å²) in [5.41, 5.74) is 4.56. The number of aromatic amines is 1. The standard InChI is InChI=1S/C32H48N2O5/c1-5-6-7-10-26(35)19-27(36)14-12-24-13-16-30(37)31(18-24)39-22-34-21-28-32(29(34)15-11-23(2)3)25(20-33-28)9-8-17-38-4/h13,16,18,20-21,23,26,33,35,37H,5-12,14-15,17,19,22H2,1-4H3. The van der Waals surface area contributed by atoms with Crippen LogP contribution in [0.1, 0.15) is 89.0 Å². The van der Waals surface area contributed by atoms with Crippen molar-refractivity contribution in [1.29, 1.82) is 0 Å². The Balaban J connectivity index is 1.66. The Morgan fingerprint density at radius 3 is 2.67 bits per heavy atom. The summed E-state index contributed by atoms with van der Waals surface area (Å²) in [6, 6.07) is 5.27. The van der Waals surface area contributed by atoms with E-state index < -0.39 is 6.10 Å².